The molecule has 0 radical (unpaired) electrons. The molecule has 5 nitrogen and oxygen atoms in total. The lowest BCUT2D eigenvalue weighted by Gasteiger charge is -2.34. The van der Waals surface area contributed by atoms with Crippen LogP contribution in [0.5, 0.6) is 0 Å². The van der Waals surface area contributed by atoms with Gasteiger partial charge in [0.1, 0.15) is 11.8 Å². The summed E-state index contributed by atoms with van der Waals surface area (Å²) < 4.78 is 5.63. The maximum absolute atomic E-state index is 13.2. The van der Waals surface area contributed by atoms with E-state index in [4.69, 9.17) is 9.52 Å². The molecule has 0 saturated heterocycles. The molecule has 3 heterocycles. The number of nitrogens with zero attached hydrogens (tertiary/aromatic N) is 3. The number of carbonyl (C=O) groups excluding carboxylic acids is 1. The Bertz CT molecular complexity index is 763. The van der Waals surface area contributed by atoms with Crippen LogP contribution in [0.15, 0.2) is 45.4 Å². The van der Waals surface area contributed by atoms with Crippen LogP contribution in [-0.2, 0) is 4.79 Å². The number of hydrogen-bond acceptors (Lipinski definition) is 5. The number of thiophene rings is 1. The Hall–Kier alpha value is -1.92. The molecule has 27 heavy (non-hydrogen) atoms. The summed E-state index contributed by atoms with van der Waals surface area (Å²) in [4.78, 5) is 16.7. The van der Waals surface area contributed by atoms with Crippen LogP contribution in [0, 0.1) is 0 Å². The molecule has 2 aromatic rings. The first kappa shape index (κ1) is 18.4. The van der Waals surface area contributed by atoms with Gasteiger partial charge in [0.05, 0.1) is 23.4 Å². The van der Waals surface area contributed by atoms with Gasteiger partial charge in [0.25, 0.3) is 5.91 Å². The summed E-state index contributed by atoms with van der Waals surface area (Å²) in [6.45, 7) is 3.48. The van der Waals surface area contributed by atoms with Gasteiger partial charge in [-0.1, -0.05) is 32.3 Å². The second-order valence-corrected chi connectivity index (χ2v) is 8.30. The first-order valence-electron chi connectivity index (χ1n) is 9.97. The molecule has 1 amide bonds. The van der Waals surface area contributed by atoms with Gasteiger partial charge in [-0.25, -0.2) is 5.01 Å². The summed E-state index contributed by atoms with van der Waals surface area (Å²) in [7, 11) is 0. The van der Waals surface area contributed by atoms with E-state index in [-0.39, 0.29) is 11.9 Å². The summed E-state index contributed by atoms with van der Waals surface area (Å²) in [6, 6.07) is 8.29. The Kier molecular flexibility index (Phi) is 5.74. The van der Waals surface area contributed by atoms with Crippen molar-refractivity contribution < 1.29 is 9.21 Å². The number of likely N-dealkylation sites (N-methyl/N-ethyl adjacent to an activating group) is 1. The van der Waals surface area contributed by atoms with Gasteiger partial charge in [-0.15, -0.1) is 11.3 Å². The molecule has 144 valence electrons. The van der Waals surface area contributed by atoms with Crippen molar-refractivity contribution in [2.75, 3.05) is 13.1 Å². The molecular formula is C21H27N3O2S. The van der Waals surface area contributed by atoms with E-state index < -0.39 is 0 Å². The molecule has 0 N–H and O–H groups in total. The van der Waals surface area contributed by atoms with Crippen LogP contribution in [0.2, 0.25) is 0 Å². The van der Waals surface area contributed by atoms with Gasteiger partial charge in [0, 0.05) is 12.5 Å². The van der Waals surface area contributed by atoms with Crippen LogP contribution >= 0.6 is 11.3 Å². The van der Waals surface area contributed by atoms with Crippen LogP contribution in [0.3, 0.4) is 0 Å². The molecule has 0 bridgehead atoms. The maximum Gasteiger partial charge on any atom is 0.257 e. The Morgan fingerprint density at radius 3 is 2.81 bits per heavy atom. The molecule has 2 aromatic heterocycles. The minimum absolute atomic E-state index is 0.0652. The Morgan fingerprint density at radius 2 is 2.15 bits per heavy atom. The molecule has 6 heteroatoms. The second-order valence-electron chi connectivity index (χ2n) is 7.35. The van der Waals surface area contributed by atoms with E-state index in [1.54, 1.807) is 22.6 Å². The van der Waals surface area contributed by atoms with Crippen molar-refractivity contribution in [3.05, 3.63) is 46.5 Å². The van der Waals surface area contributed by atoms with E-state index >= 15 is 0 Å². The van der Waals surface area contributed by atoms with Crippen LogP contribution in [-0.4, -0.2) is 40.7 Å². The minimum atomic E-state index is -0.144. The number of rotatable bonds is 6. The van der Waals surface area contributed by atoms with E-state index in [1.807, 2.05) is 23.6 Å². The number of hydrazone groups is 1. The van der Waals surface area contributed by atoms with Crippen LogP contribution in [0.25, 0.3) is 0 Å². The molecule has 1 saturated carbocycles. The van der Waals surface area contributed by atoms with Crippen molar-refractivity contribution in [3.8, 4) is 0 Å². The minimum Gasteiger partial charge on any atom is -0.467 e. The zero-order chi connectivity index (χ0) is 18.6. The number of carbonyl (C=O) groups is 1. The highest BCUT2D eigenvalue weighted by atomic mass is 32.1. The van der Waals surface area contributed by atoms with Gasteiger partial charge in [-0.05, 0) is 43.0 Å². The zero-order valence-electron chi connectivity index (χ0n) is 15.8. The fourth-order valence-electron chi connectivity index (χ4n) is 4.23. The lowest BCUT2D eigenvalue weighted by atomic mass is 9.94. The Labute approximate surface area is 164 Å². The zero-order valence-corrected chi connectivity index (χ0v) is 16.7. The molecule has 0 aromatic carbocycles. The van der Waals surface area contributed by atoms with Crippen LogP contribution < -0.4 is 0 Å². The summed E-state index contributed by atoms with van der Waals surface area (Å²) in [6.07, 6.45) is 8.64. The fraction of sp³-hybridized carbons (Fsp3) is 0.524. The molecule has 2 aliphatic rings. The number of furan rings is 1. The van der Waals surface area contributed by atoms with Crippen molar-refractivity contribution in [2.24, 2.45) is 5.10 Å². The highest BCUT2D eigenvalue weighted by Crippen LogP contribution is 2.34. The molecule has 4 rings (SSSR count). The average molecular weight is 386 g/mol. The monoisotopic (exact) mass is 385 g/mol. The molecule has 1 unspecified atom stereocenters. The average Bonchev–Trinajstić information content (AvgIpc) is 3.46. The maximum atomic E-state index is 13.2. The lowest BCUT2D eigenvalue weighted by molar-refractivity contribution is -0.135. The predicted octanol–water partition coefficient (Wildman–Crippen LogP) is 4.67. The van der Waals surface area contributed by atoms with E-state index in [0.29, 0.717) is 19.0 Å². The van der Waals surface area contributed by atoms with Gasteiger partial charge < -0.3 is 4.42 Å². The van der Waals surface area contributed by atoms with E-state index in [1.165, 1.54) is 32.1 Å². The normalized spacial score (nSPS) is 21.0. The quantitative estimate of drug-likeness (QED) is 0.726. The SMILES string of the molecule is CCN(CC(=O)N1N=C(c2cccs2)CC1c1ccco1)C1CCCCC1. The molecule has 1 aliphatic heterocycles. The van der Waals surface area contributed by atoms with Crippen LogP contribution in [0.1, 0.15) is 62.1 Å². The third-order valence-corrected chi connectivity index (χ3v) is 6.60. The van der Waals surface area contributed by atoms with Crippen molar-refractivity contribution in [3.63, 3.8) is 0 Å². The number of amides is 1. The highest BCUT2D eigenvalue weighted by molar-refractivity contribution is 7.12. The van der Waals surface area contributed by atoms with E-state index in [0.717, 1.165) is 22.9 Å². The summed E-state index contributed by atoms with van der Waals surface area (Å²) >= 11 is 1.66. The highest BCUT2D eigenvalue weighted by Gasteiger charge is 2.36. The molecular weight excluding hydrogens is 358 g/mol. The molecule has 0 spiro atoms. The Morgan fingerprint density at radius 1 is 1.30 bits per heavy atom. The summed E-state index contributed by atoms with van der Waals surface area (Å²) in [5.41, 5.74) is 0.973. The standard InChI is InChI=1S/C21H27N3O2S/c1-2-23(16-8-4-3-5-9-16)15-21(25)24-18(19-10-6-12-26-19)14-17(22-24)20-11-7-13-27-20/h6-7,10-13,16,18H,2-5,8-9,14-15H2,1H3. The van der Waals surface area contributed by atoms with Gasteiger partial charge in [0.15, 0.2) is 0 Å². The largest absolute Gasteiger partial charge is 0.467 e. The predicted molar refractivity (Wildman–Crippen MR) is 108 cm³/mol. The second kappa shape index (κ2) is 8.40. The third kappa shape index (κ3) is 4.01. The van der Waals surface area contributed by atoms with E-state index in [9.17, 15) is 4.79 Å². The van der Waals surface area contributed by atoms with Gasteiger partial charge >= 0.3 is 0 Å². The topological polar surface area (TPSA) is 49.1 Å². The Balaban J connectivity index is 1.53. The summed E-state index contributed by atoms with van der Waals surface area (Å²) in [5, 5.41) is 8.44. The lowest BCUT2D eigenvalue weighted by Crippen LogP contribution is -2.44. The van der Waals surface area contributed by atoms with E-state index in [2.05, 4.69) is 17.9 Å². The fourth-order valence-corrected chi connectivity index (χ4v) is 4.95. The van der Waals surface area contributed by atoms with Gasteiger partial charge in [-0.3, -0.25) is 9.69 Å². The van der Waals surface area contributed by atoms with Crippen molar-refractivity contribution >= 4 is 23.0 Å². The van der Waals surface area contributed by atoms with Crippen molar-refractivity contribution in [2.45, 2.75) is 57.5 Å². The van der Waals surface area contributed by atoms with Crippen molar-refractivity contribution in [1.82, 2.24) is 9.91 Å². The smallest absolute Gasteiger partial charge is 0.257 e. The first-order chi connectivity index (χ1) is 13.3. The number of hydrogen-bond donors (Lipinski definition) is 0. The molecule has 1 fully saturated rings. The van der Waals surface area contributed by atoms with Crippen LogP contribution in [0.4, 0.5) is 0 Å². The molecule has 1 aliphatic carbocycles. The molecule has 1 atom stereocenters. The van der Waals surface area contributed by atoms with Gasteiger partial charge in [0.2, 0.25) is 0 Å². The summed E-state index contributed by atoms with van der Waals surface area (Å²) in [5.74, 6) is 0.870. The third-order valence-electron chi connectivity index (χ3n) is 5.68. The van der Waals surface area contributed by atoms with Crippen molar-refractivity contribution in [1.29, 1.82) is 0 Å². The first-order valence-corrected chi connectivity index (χ1v) is 10.8. The van der Waals surface area contributed by atoms with Gasteiger partial charge in [-0.2, -0.15) is 5.10 Å².